The van der Waals surface area contributed by atoms with Gasteiger partial charge in [-0.15, -0.1) is 0 Å². The average Bonchev–Trinajstić information content (AvgIpc) is 2.84. The molecular weight excluding hydrogens is 457 g/mol. The van der Waals surface area contributed by atoms with Crippen LogP contribution in [0.3, 0.4) is 0 Å². The largest absolute Gasteiger partial charge is 0.490 e. The summed E-state index contributed by atoms with van der Waals surface area (Å²) < 4.78 is 49.6. The molecule has 1 atom stereocenters. The maximum Gasteiger partial charge on any atom is 0.416 e. The van der Waals surface area contributed by atoms with E-state index in [-0.39, 0.29) is 0 Å². The lowest BCUT2D eigenvalue weighted by molar-refractivity contribution is -0.154. The van der Waals surface area contributed by atoms with Crippen LogP contribution in [0.1, 0.15) is 38.3 Å². The van der Waals surface area contributed by atoms with Crippen molar-refractivity contribution in [2.75, 3.05) is 6.61 Å². The van der Waals surface area contributed by atoms with Gasteiger partial charge < -0.3 is 14.6 Å². The van der Waals surface area contributed by atoms with Crippen molar-refractivity contribution in [3.63, 3.8) is 0 Å². The van der Waals surface area contributed by atoms with Crippen LogP contribution in [-0.2, 0) is 11.0 Å². The standard InChI is InChI=1S/C28H27F3O4/c1-4-27(3,26(32)33)35-25-15-13-24(14-16-25)34-18-17-19(2)20-5-7-21(8-6-20)22-9-11-23(12-10-22)28(29,30)31/h5-17H,4,18H2,1-3H3,(H,32,33)/b19-17+/t27-/m1/s1. The van der Waals surface area contributed by atoms with E-state index in [0.29, 0.717) is 30.1 Å². The monoisotopic (exact) mass is 484 g/mol. The van der Waals surface area contributed by atoms with E-state index in [0.717, 1.165) is 28.8 Å². The van der Waals surface area contributed by atoms with Crippen LogP contribution in [0.4, 0.5) is 13.2 Å². The predicted octanol–water partition coefficient (Wildman–Crippen LogP) is 7.49. The third kappa shape index (κ3) is 6.66. The molecule has 3 rings (SSSR count). The third-order valence-corrected chi connectivity index (χ3v) is 5.82. The molecule has 0 aliphatic heterocycles. The Kier molecular flexibility index (Phi) is 7.89. The van der Waals surface area contributed by atoms with Gasteiger partial charge in [-0.3, -0.25) is 0 Å². The zero-order valence-electron chi connectivity index (χ0n) is 19.7. The highest BCUT2D eigenvalue weighted by Crippen LogP contribution is 2.31. The number of hydrogen-bond acceptors (Lipinski definition) is 3. The summed E-state index contributed by atoms with van der Waals surface area (Å²) in [6.07, 6.45) is -2.09. The first-order valence-corrected chi connectivity index (χ1v) is 11.1. The van der Waals surface area contributed by atoms with Crippen molar-refractivity contribution in [2.24, 2.45) is 0 Å². The highest BCUT2D eigenvalue weighted by Gasteiger charge is 2.33. The molecule has 0 saturated carbocycles. The molecule has 1 N–H and O–H groups in total. The van der Waals surface area contributed by atoms with Crippen molar-refractivity contribution in [2.45, 2.75) is 39.0 Å². The van der Waals surface area contributed by atoms with Gasteiger partial charge in [0.05, 0.1) is 5.56 Å². The predicted molar refractivity (Wildman–Crippen MR) is 129 cm³/mol. The minimum absolute atomic E-state index is 0.328. The second kappa shape index (κ2) is 10.7. The van der Waals surface area contributed by atoms with Crippen LogP contribution in [0, 0.1) is 0 Å². The second-order valence-corrected chi connectivity index (χ2v) is 8.31. The van der Waals surface area contributed by atoms with Crippen LogP contribution in [0.15, 0.2) is 78.9 Å². The summed E-state index contributed by atoms with van der Waals surface area (Å²) in [5.74, 6) is 0.0462. The molecule has 0 spiro atoms. The van der Waals surface area contributed by atoms with Crippen molar-refractivity contribution in [1.29, 1.82) is 0 Å². The summed E-state index contributed by atoms with van der Waals surface area (Å²) in [4.78, 5) is 11.4. The van der Waals surface area contributed by atoms with Crippen molar-refractivity contribution >= 4 is 11.5 Å². The van der Waals surface area contributed by atoms with Crippen LogP contribution in [0.5, 0.6) is 11.5 Å². The summed E-state index contributed by atoms with van der Waals surface area (Å²) in [6.45, 7) is 5.56. The summed E-state index contributed by atoms with van der Waals surface area (Å²) in [7, 11) is 0. The smallest absolute Gasteiger partial charge is 0.416 e. The number of carboxylic acid groups (broad SMARTS) is 1. The normalized spacial score (nSPS) is 13.7. The summed E-state index contributed by atoms with van der Waals surface area (Å²) in [5.41, 5.74) is 1.55. The highest BCUT2D eigenvalue weighted by atomic mass is 19.4. The number of carbonyl (C=O) groups is 1. The number of hydrogen-bond donors (Lipinski definition) is 1. The van der Waals surface area contributed by atoms with Gasteiger partial charge in [0.2, 0.25) is 5.60 Å². The molecule has 184 valence electrons. The lowest BCUT2D eigenvalue weighted by atomic mass is 10.00. The molecule has 7 heteroatoms. The minimum atomic E-state index is -4.35. The Balaban J connectivity index is 1.58. The maximum absolute atomic E-state index is 12.7. The van der Waals surface area contributed by atoms with Crippen LogP contribution in [0.2, 0.25) is 0 Å². The number of alkyl halides is 3. The van der Waals surface area contributed by atoms with Crippen LogP contribution >= 0.6 is 0 Å². The van der Waals surface area contributed by atoms with E-state index in [9.17, 15) is 23.1 Å². The maximum atomic E-state index is 12.7. The van der Waals surface area contributed by atoms with Gasteiger partial charge >= 0.3 is 12.1 Å². The van der Waals surface area contributed by atoms with E-state index < -0.39 is 23.3 Å². The summed E-state index contributed by atoms with van der Waals surface area (Å²) in [5, 5.41) is 9.33. The van der Waals surface area contributed by atoms with E-state index in [1.165, 1.54) is 19.1 Å². The fraction of sp³-hybridized carbons (Fsp3) is 0.250. The number of benzene rings is 3. The molecule has 0 aromatic heterocycles. The fourth-order valence-corrected chi connectivity index (χ4v) is 3.29. The molecule has 3 aromatic carbocycles. The number of aliphatic carboxylic acids is 1. The molecule has 0 aliphatic rings. The minimum Gasteiger partial charge on any atom is -0.490 e. The molecule has 0 amide bonds. The van der Waals surface area contributed by atoms with Gasteiger partial charge in [-0.25, -0.2) is 4.79 Å². The van der Waals surface area contributed by atoms with Gasteiger partial charge in [0, 0.05) is 0 Å². The Morgan fingerprint density at radius 1 is 0.886 bits per heavy atom. The van der Waals surface area contributed by atoms with E-state index in [4.69, 9.17) is 9.47 Å². The average molecular weight is 485 g/mol. The van der Waals surface area contributed by atoms with Gasteiger partial charge in [0.25, 0.3) is 0 Å². The number of ether oxygens (including phenoxy) is 2. The lowest BCUT2D eigenvalue weighted by Gasteiger charge is -2.24. The van der Waals surface area contributed by atoms with Gasteiger partial charge in [-0.05, 0) is 85.0 Å². The number of allylic oxidation sites excluding steroid dienone is 1. The molecule has 0 aliphatic carbocycles. The van der Waals surface area contributed by atoms with Crippen molar-refractivity contribution in [3.05, 3.63) is 90.0 Å². The summed E-state index contributed by atoms with van der Waals surface area (Å²) in [6, 6.07) is 19.4. The number of carboxylic acids is 1. The van der Waals surface area contributed by atoms with E-state index in [2.05, 4.69) is 0 Å². The first kappa shape index (κ1) is 25.9. The van der Waals surface area contributed by atoms with Gasteiger partial charge in [-0.1, -0.05) is 43.3 Å². The topological polar surface area (TPSA) is 55.8 Å². The molecule has 0 radical (unpaired) electrons. The molecule has 3 aromatic rings. The zero-order chi connectivity index (χ0) is 25.6. The molecule has 4 nitrogen and oxygen atoms in total. The van der Waals surface area contributed by atoms with Crippen LogP contribution < -0.4 is 9.47 Å². The van der Waals surface area contributed by atoms with Gasteiger partial charge in [-0.2, -0.15) is 13.2 Å². The van der Waals surface area contributed by atoms with Crippen LogP contribution in [0.25, 0.3) is 16.7 Å². The molecule has 0 heterocycles. The van der Waals surface area contributed by atoms with E-state index in [1.54, 1.807) is 31.2 Å². The Labute approximate surface area is 202 Å². The number of halogens is 3. The van der Waals surface area contributed by atoms with Gasteiger partial charge in [0.15, 0.2) is 0 Å². The van der Waals surface area contributed by atoms with Gasteiger partial charge in [0.1, 0.15) is 18.1 Å². The molecule has 0 fully saturated rings. The molecule has 0 saturated heterocycles. The zero-order valence-corrected chi connectivity index (χ0v) is 19.7. The highest BCUT2D eigenvalue weighted by molar-refractivity contribution is 5.77. The quantitative estimate of drug-likeness (QED) is 0.342. The Morgan fingerprint density at radius 2 is 1.40 bits per heavy atom. The molecular formula is C28H27F3O4. The first-order chi connectivity index (χ1) is 16.5. The Hall–Kier alpha value is -3.74. The third-order valence-electron chi connectivity index (χ3n) is 5.82. The first-order valence-electron chi connectivity index (χ1n) is 11.1. The van der Waals surface area contributed by atoms with Crippen molar-refractivity contribution in [1.82, 2.24) is 0 Å². The second-order valence-electron chi connectivity index (χ2n) is 8.31. The van der Waals surface area contributed by atoms with E-state index >= 15 is 0 Å². The fourth-order valence-electron chi connectivity index (χ4n) is 3.29. The number of rotatable bonds is 9. The molecule has 0 bridgehead atoms. The Bertz CT molecular complexity index is 1160. The van der Waals surface area contributed by atoms with Crippen LogP contribution in [-0.4, -0.2) is 23.3 Å². The summed E-state index contributed by atoms with van der Waals surface area (Å²) >= 11 is 0. The van der Waals surface area contributed by atoms with E-state index in [1.807, 2.05) is 37.3 Å². The SMILES string of the molecule is CC[C@@](C)(Oc1ccc(OC/C=C(\C)c2ccc(-c3ccc(C(F)(F)F)cc3)cc2)cc1)C(=O)O. The molecule has 35 heavy (non-hydrogen) atoms. The Morgan fingerprint density at radius 3 is 1.89 bits per heavy atom. The molecule has 0 unspecified atom stereocenters. The lowest BCUT2D eigenvalue weighted by Crippen LogP contribution is -2.40. The van der Waals surface area contributed by atoms with Crippen molar-refractivity contribution in [3.8, 4) is 22.6 Å². The van der Waals surface area contributed by atoms with Crippen molar-refractivity contribution < 1.29 is 32.5 Å².